The average Bonchev–Trinajstić information content (AvgIpc) is 2.32. The Labute approximate surface area is 131 Å². The third kappa shape index (κ3) is 5.18. The second-order valence-corrected chi connectivity index (χ2v) is 8.55. The highest BCUT2D eigenvalue weighted by Crippen LogP contribution is 2.25. The van der Waals surface area contributed by atoms with Crippen LogP contribution < -0.4 is 15.2 Å². The first-order valence-electron chi connectivity index (χ1n) is 5.80. The van der Waals surface area contributed by atoms with E-state index in [0.29, 0.717) is 0 Å². The lowest BCUT2D eigenvalue weighted by molar-refractivity contribution is 0.555. The molecule has 0 heterocycles. The van der Waals surface area contributed by atoms with Gasteiger partial charge in [-0.1, -0.05) is 6.92 Å². The lowest BCUT2D eigenvalue weighted by atomic mass is 10.3. The lowest BCUT2D eigenvalue weighted by Gasteiger charge is -2.10. The maximum absolute atomic E-state index is 13.8. The molecule has 4 N–H and O–H groups in total. The zero-order valence-corrected chi connectivity index (χ0v) is 14.3. The standard InChI is InChI=1S/C10H15BrFN3O4S2/c1-2-14-20(16,17)4-3-15-21(18,19)9-6-7(13)5-8(11)10(9)12/h5-6,14-15H,2-4,13H2,1H3. The van der Waals surface area contributed by atoms with Crippen molar-refractivity contribution in [3.8, 4) is 0 Å². The summed E-state index contributed by atoms with van der Waals surface area (Å²) in [5.41, 5.74) is 5.53. The number of hydrogen-bond donors (Lipinski definition) is 3. The molecular formula is C10H15BrFN3O4S2. The Morgan fingerprint density at radius 2 is 1.86 bits per heavy atom. The molecule has 0 radical (unpaired) electrons. The van der Waals surface area contributed by atoms with Gasteiger partial charge in [-0.25, -0.2) is 30.7 Å². The molecule has 1 rings (SSSR count). The van der Waals surface area contributed by atoms with Crippen LogP contribution in [0.2, 0.25) is 0 Å². The van der Waals surface area contributed by atoms with Gasteiger partial charge in [-0.3, -0.25) is 0 Å². The summed E-state index contributed by atoms with van der Waals surface area (Å²) in [5.74, 6) is -1.45. The third-order valence-corrected chi connectivity index (χ3v) is 5.84. The van der Waals surface area contributed by atoms with Crippen LogP contribution in [0.5, 0.6) is 0 Å². The molecule has 0 fully saturated rings. The van der Waals surface area contributed by atoms with Crippen molar-refractivity contribution in [2.45, 2.75) is 11.8 Å². The smallest absolute Gasteiger partial charge is 0.243 e. The highest BCUT2D eigenvalue weighted by atomic mass is 79.9. The molecule has 0 bridgehead atoms. The van der Waals surface area contributed by atoms with Crippen molar-refractivity contribution in [1.82, 2.24) is 9.44 Å². The Hall–Kier alpha value is -0.750. The zero-order chi connectivity index (χ0) is 16.3. The van der Waals surface area contributed by atoms with Gasteiger partial charge in [0, 0.05) is 18.8 Å². The number of nitrogens with one attached hydrogen (secondary N) is 2. The van der Waals surface area contributed by atoms with Crippen molar-refractivity contribution in [2.75, 3.05) is 24.6 Å². The van der Waals surface area contributed by atoms with Crippen LogP contribution in [0.25, 0.3) is 0 Å². The fourth-order valence-corrected chi connectivity index (χ4v) is 4.32. The van der Waals surface area contributed by atoms with Crippen molar-refractivity contribution < 1.29 is 21.2 Å². The van der Waals surface area contributed by atoms with E-state index in [1.54, 1.807) is 6.92 Å². The molecule has 0 aliphatic heterocycles. The van der Waals surface area contributed by atoms with Crippen molar-refractivity contribution >= 4 is 41.7 Å². The molecule has 11 heteroatoms. The Balaban J connectivity index is 2.89. The van der Waals surface area contributed by atoms with Crippen molar-refractivity contribution in [3.05, 3.63) is 22.4 Å². The van der Waals surface area contributed by atoms with Crippen LogP contribution in [-0.4, -0.2) is 35.7 Å². The number of anilines is 1. The van der Waals surface area contributed by atoms with E-state index in [1.165, 1.54) is 6.07 Å². The molecule has 0 saturated heterocycles. The highest BCUT2D eigenvalue weighted by Gasteiger charge is 2.22. The van der Waals surface area contributed by atoms with Gasteiger partial charge in [0.1, 0.15) is 4.90 Å². The zero-order valence-electron chi connectivity index (χ0n) is 11.1. The molecule has 0 amide bonds. The van der Waals surface area contributed by atoms with E-state index in [0.717, 1.165) is 6.07 Å². The number of sulfonamides is 2. The van der Waals surface area contributed by atoms with Crippen LogP contribution in [0.4, 0.5) is 10.1 Å². The van der Waals surface area contributed by atoms with Gasteiger partial charge in [0.05, 0.1) is 10.2 Å². The average molecular weight is 404 g/mol. The van der Waals surface area contributed by atoms with Gasteiger partial charge in [-0.05, 0) is 28.1 Å². The molecule has 7 nitrogen and oxygen atoms in total. The Morgan fingerprint density at radius 1 is 1.24 bits per heavy atom. The monoisotopic (exact) mass is 403 g/mol. The van der Waals surface area contributed by atoms with Crippen LogP contribution in [0.3, 0.4) is 0 Å². The van der Waals surface area contributed by atoms with E-state index in [4.69, 9.17) is 5.73 Å². The van der Waals surface area contributed by atoms with E-state index in [2.05, 4.69) is 20.7 Å². The van der Waals surface area contributed by atoms with Crippen LogP contribution in [0, 0.1) is 5.82 Å². The molecular weight excluding hydrogens is 389 g/mol. The van der Waals surface area contributed by atoms with Gasteiger partial charge in [-0.2, -0.15) is 0 Å². The molecule has 1 aromatic rings. The predicted octanol–water partition coefficient (Wildman–Crippen LogP) is 0.388. The van der Waals surface area contributed by atoms with Gasteiger partial charge >= 0.3 is 0 Å². The molecule has 120 valence electrons. The van der Waals surface area contributed by atoms with E-state index in [1.807, 2.05) is 4.72 Å². The number of rotatable bonds is 7. The van der Waals surface area contributed by atoms with Crippen molar-refractivity contribution in [1.29, 1.82) is 0 Å². The SMILES string of the molecule is CCNS(=O)(=O)CCNS(=O)(=O)c1cc(N)cc(Br)c1F. The first-order valence-corrected chi connectivity index (χ1v) is 9.73. The van der Waals surface area contributed by atoms with Gasteiger partial charge in [-0.15, -0.1) is 0 Å². The van der Waals surface area contributed by atoms with Crippen molar-refractivity contribution in [2.24, 2.45) is 0 Å². The quantitative estimate of drug-likeness (QED) is 0.568. The minimum Gasteiger partial charge on any atom is -0.399 e. The van der Waals surface area contributed by atoms with Gasteiger partial charge in [0.2, 0.25) is 20.0 Å². The number of nitrogen functional groups attached to an aromatic ring is 1. The maximum atomic E-state index is 13.8. The van der Waals surface area contributed by atoms with Crippen molar-refractivity contribution in [3.63, 3.8) is 0 Å². The van der Waals surface area contributed by atoms with Gasteiger partial charge in [0.15, 0.2) is 5.82 Å². The Bertz CT molecular complexity index is 722. The molecule has 21 heavy (non-hydrogen) atoms. The lowest BCUT2D eigenvalue weighted by Crippen LogP contribution is -2.34. The second-order valence-electron chi connectivity index (χ2n) is 4.03. The van der Waals surface area contributed by atoms with E-state index in [9.17, 15) is 21.2 Å². The van der Waals surface area contributed by atoms with Crippen LogP contribution in [0.15, 0.2) is 21.5 Å². The Morgan fingerprint density at radius 3 is 2.43 bits per heavy atom. The third-order valence-electron chi connectivity index (χ3n) is 2.33. The highest BCUT2D eigenvalue weighted by molar-refractivity contribution is 9.10. The number of nitrogens with two attached hydrogens (primary N) is 1. The summed E-state index contributed by atoms with van der Waals surface area (Å²) in [6.07, 6.45) is 0. The van der Waals surface area contributed by atoms with E-state index >= 15 is 0 Å². The summed E-state index contributed by atoms with van der Waals surface area (Å²) < 4.78 is 64.6. The summed E-state index contributed by atoms with van der Waals surface area (Å²) in [5, 5.41) is 0. The summed E-state index contributed by atoms with van der Waals surface area (Å²) in [6, 6.07) is 2.19. The summed E-state index contributed by atoms with van der Waals surface area (Å²) in [4.78, 5) is -0.643. The normalized spacial score (nSPS) is 12.5. The molecule has 0 unspecified atom stereocenters. The fourth-order valence-electron chi connectivity index (χ4n) is 1.46. The molecule has 0 aliphatic rings. The van der Waals surface area contributed by atoms with E-state index < -0.39 is 36.5 Å². The molecule has 0 atom stereocenters. The van der Waals surface area contributed by atoms with Crippen LogP contribution in [-0.2, 0) is 20.0 Å². The van der Waals surface area contributed by atoms with Gasteiger partial charge < -0.3 is 5.73 Å². The number of benzene rings is 1. The summed E-state index contributed by atoms with van der Waals surface area (Å²) in [6.45, 7) is 1.41. The number of halogens is 2. The van der Waals surface area contributed by atoms with Gasteiger partial charge in [0.25, 0.3) is 0 Å². The molecule has 1 aromatic carbocycles. The predicted molar refractivity (Wildman–Crippen MR) is 81.2 cm³/mol. The topological polar surface area (TPSA) is 118 Å². The largest absolute Gasteiger partial charge is 0.399 e. The number of hydrogen-bond acceptors (Lipinski definition) is 5. The molecule has 0 aliphatic carbocycles. The molecule has 0 saturated carbocycles. The summed E-state index contributed by atoms with van der Waals surface area (Å²) in [7, 11) is -7.77. The minimum atomic E-state index is -4.20. The molecule has 0 spiro atoms. The van der Waals surface area contributed by atoms with E-state index in [-0.39, 0.29) is 23.2 Å². The fraction of sp³-hybridized carbons (Fsp3) is 0.400. The maximum Gasteiger partial charge on any atom is 0.243 e. The minimum absolute atomic E-state index is 0.0592. The Kier molecular flexibility index (Phi) is 6.11. The first kappa shape index (κ1) is 18.3. The second kappa shape index (κ2) is 7.01. The summed E-state index contributed by atoms with van der Waals surface area (Å²) >= 11 is 2.86. The first-order chi connectivity index (χ1) is 9.59. The van der Waals surface area contributed by atoms with Crippen LogP contribution >= 0.6 is 15.9 Å². The van der Waals surface area contributed by atoms with Crippen LogP contribution in [0.1, 0.15) is 6.92 Å². The molecule has 0 aromatic heterocycles.